The van der Waals surface area contributed by atoms with Crippen molar-refractivity contribution in [3.63, 3.8) is 0 Å². The van der Waals surface area contributed by atoms with Crippen LogP contribution in [-0.4, -0.2) is 19.6 Å². The van der Waals surface area contributed by atoms with Gasteiger partial charge in [0.15, 0.2) is 0 Å². The minimum absolute atomic E-state index is 0.277. The third-order valence-corrected chi connectivity index (χ3v) is 3.23. The number of aryl methyl sites for hydroxylation is 2. The molecule has 0 aliphatic carbocycles. The van der Waals surface area contributed by atoms with Crippen molar-refractivity contribution in [2.24, 2.45) is 0 Å². The first kappa shape index (κ1) is 13.8. The van der Waals surface area contributed by atoms with Gasteiger partial charge >= 0.3 is 0 Å². The normalized spacial score (nSPS) is 12.8. The molecule has 0 bridgehead atoms. The Morgan fingerprint density at radius 3 is 2.89 bits per heavy atom. The van der Waals surface area contributed by atoms with E-state index in [1.165, 1.54) is 5.69 Å². The summed E-state index contributed by atoms with van der Waals surface area (Å²) >= 11 is 0. The molecule has 5 nitrogen and oxygen atoms in total. The van der Waals surface area contributed by atoms with Crippen LogP contribution in [0.4, 0.5) is 0 Å². The zero-order chi connectivity index (χ0) is 13.7. The second kappa shape index (κ2) is 6.52. The summed E-state index contributed by atoms with van der Waals surface area (Å²) in [4.78, 5) is 0. The molecule has 0 radical (unpaired) electrons. The van der Waals surface area contributed by atoms with E-state index in [2.05, 4.69) is 48.4 Å². The first-order valence-electron chi connectivity index (χ1n) is 7.02. The summed E-state index contributed by atoms with van der Waals surface area (Å²) in [6.07, 6.45) is 5.01. The van der Waals surface area contributed by atoms with Crippen molar-refractivity contribution in [2.45, 2.75) is 52.9 Å². The van der Waals surface area contributed by atoms with Gasteiger partial charge in [0.1, 0.15) is 0 Å². The Hall–Kier alpha value is -1.62. The Kier molecular flexibility index (Phi) is 4.74. The molecular weight excluding hydrogens is 238 g/mol. The Labute approximate surface area is 114 Å². The third-order valence-electron chi connectivity index (χ3n) is 3.23. The molecule has 0 spiro atoms. The van der Waals surface area contributed by atoms with E-state index in [0.717, 1.165) is 31.7 Å². The molecule has 2 rings (SSSR count). The van der Waals surface area contributed by atoms with Crippen LogP contribution >= 0.6 is 0 Å². The highest BCUT2D eigenvalue weighted by Crippen LogP contribution is 2.12. The average Bonchev–Trinajstić information content (AvgIpc) is 3.05. The molecule has 0 aliphatic heterocycles. The van der Waals surface area contributed by atoms with E-state index >= 15 is 0 Å². The first-order chi connectivity index (χ1) is 9.24. The van der Waals surface area contributed by atoms with Crippen LogP contribution in [0.3, 0.4) is 0 Å². The van der Waals surface area contributed by atoms with Crippen molar-refractivity contribution in [1.82, 2.24) is 24.9 Å². The molecule has 104 valence electrons. The lowest BCUT2D eigenvalue weighted by Gasteiger charge is -2.14. The number of aromatic nitrogens is 4. The topological polar surface area (TPSA) is 47.7 Å². The van der Waals surface area contributed by atoms with Crippen LogP contribution in [0.25, 0.3) is 0 Å². The molecule has 2 aromatic heterocycles. The molecule has 2 aromatic rings. The van der Waals surface area contributed by atoms with Gasteiger partial charge in [0.05, 0.1) is 11.4 Å². The summed E-state index contributed by atoms with van der Waals surface area (Å²) in [6.45, 7) is 9.10. The van der Waals surface area contributed by atoms with E-state index in [1.807, 2.05) is 21.8 Å². The standard InChI is InChI=1S/C14H23N5/c1-4-9-18-10-7-13(17-18)11-15-12(3)14-6-8-16-19(14)5-2/h6-8,10,12,15H,4-5,9,11H2,1-3H3. The van der Waals surface area contributed by atoms with Crippen LogP contribution in [-0.2, 0) is 19.6 Å². The molecule has 1 unspecified atom stereocenters. The molecule has 19 heavy (non-hydrogen) atoms. The fourth-order valence-electron chi connectivity index (χ4n) is 2.19. The Morgan fingerprint density at radius 2 is 2.16 bits per heavy atom. The van der Waals surface area contributed by atoms with E-state index in [1.54, 1.807) is 0 Å². The maximum atomic E-state index is 4.53. The quantitative estimate of drug-likeness (QED) is 0.832. The third kappa shape index (κ3) is 3.44. The van der Waals surface area contributed by atoms with Crippen molar-refractivity contribution in [1.29, 1.82) is 0 Å². The minimum Gasteiger partial charge on any atom is -0.303 e. The summed E-state index contributed by atoms with van der Waals surface area (Å²) in [5.41, 5.74) is 2.30. The van der Waals surface area contributed by atoms with Crippen LogP contribution in [0.2, 0.25) is 0 Å². The molecule has 2 heterocycles. The highest BCUT2D eigenvalue weighted by atomic mass is 15.3. The van der Waals surface area contributed by atoms with Crippen molar-refractivity contribution in [2.75, 3.05) is 0 Å². The van der Waals surface area contributed by atoms with E-state index in [9.17, 15) is 0 Å². The maximum Gasteiger partial charge on any atom is 0.0762 e. The molecule has 0 saturated carbocycles. The summed E-state index contributed by atoms with van der Waals surface area (Å²) in [6, 6.07) is 4.42. The molecule has 0 aliphatic rings. The van der Waals surface area contributed by atoms with Gasteiger partial charge in [-0.05, 0) is 32.4 Å². The predicted octanol–water partition coefficient (Wildman–Crippen LogP) is 2.36. The fourth-order valence-corrected chi connectivity index (χ4v) is 2.19. The van der Waals surface area contributed by atoms with Gasteiger partial charge in [-0.1, -0.05) is 6.92 Å². The molecule has 1 N–H and O–H groups in total. The lowest BCUT2D eigenvalue weighted by Crippen LogP contribution is -2.21. The number of hydrogen-bond acceptors (Lipinski definition) is 3. The Bertz CT molecular complexity index is 499. The molecule has 0 fully saturated rings. The lowest BCUT2D eigenvalue weighted by molar-refractivity contribution is 0.500. The minimum atomic E-state index is 0.277. The van der Waals surface area contributed by atoms with Gasteiger partial charge in [-0.25, -0.2) is 0 Å². The van der Waals surface area contributed by atoms with Crippen LogP contribution in [0.15, 0.2) is 24.5 Å². The summed E-state index contributed by atoms with van der Waals surface area (Å²) in [5.74, 6) is 0. The monoisotopic (exact) mass is 261 g/mol. The van der Waals surface area contributed by atoms with Gasteiger partial charge in [-0.15, -0.1) is 0 Å². The lowest BCUT2D eigenvalue weighted by atomic mass is 10.2. The highest BCUT2D eigenvalue weighted by Gasteiger charge is 2.10. The van der Waals surface area contributed by atoms with Gasteiger partial charge in [0, 0.05) is 38.1 Å². The smallest absolute Gasteiger partial charge is 0.0762 e. The van der Waals surface area contributed by atoms with Crippen LogP contribution in [0, 0.1) is 0 Å². The second-order valence-corrected chi connectivity index (χ2v) is 4.74. The summed E-state index contributed by atoms with van der Waals surface area (Å²) in [5, 5.41) is 12.3. The average molecular weight is 261 g/mol. The highest BCUT2D eigenvalue weighted by molar-refractivity contribution is 5.07. The van der Waals surface area contributed by atoms with Crippen molar-refractivity contribution in [3.05, 3.63) is 35.9 Å². The number of hydrogen-bond donors (Lipinski definition) is 1. The van der Waals surface area contributed by atoms with E-state index in [-0.39, 0.29) is 6.04 Å². The summed E-state index contributed by atoms with van der Waals surface area (Å²) in [7, 11) is 0. The van der Waals surface area contributed by atoms with Gasteiger partial charge in [0.25, 0.3) is 0 Å². The van der Waals surface area contributed by atoms with E-state index in [4.69, 9.17) is 0 Å². The number of nitrogens with one attached hydrogen (secondary N) is 1. The van der Waals surface area contributed by atoms with Crippen molar-refractivity contribution < 1.29 is 0 Å². The van der Waals surface area contributed by atoms with E-state index in [0.29, 0.717) is 0 Å². The van der Waals surface area contributed by atoms with E-state index < -0.39 is 0 Å². The van der Waals surface area contributed by atoms with Gasteiger partial charge < -0.3 is 5.32 Å². The second-order valence-electron chi connectivity index (χ2n) is 4.74. The van der Waals surface area contributed by atoms with Gasteiger partial charge in [0.2, 0.25) is 0 Å². The van der Waals surface area contributed by atoms with Crippen LogP contribution in [0.1, 0.15) is 44.6 Å². The zero-order valence-corrected chi connectivity index (χ0v) is 12.0. The Morgan fingerprint density at radius 1 is 1.32 bits per heavy atom. The first-order valence-corrected chi connectivity index (χ1v) is 7.02. The molecule has 0 saturated heterocycles. The van der Waals surface area contributed by atoms with Crippen molar-refractivity contribution >= 4 is 0 Å². The molecule has 0 aromatic carbocycles. The molecular formula is C14H23N5. The molecule has 1 atom stereocenters. The van der Waals surface area contributed by atoms with Crippen molar-refractivity contribution in [3.8, 4) is 0 Å². The van der Waals surface area contributed by atoms with Gasteiger partial charge in [-0.3, -0.25) is 9.36 Å². The number of rotatable bonds is 7. The number of nitrogens with zero attached hydrogens (tertiary/aromatic N) is 4. The predicted molar refractivity (Wildman–Crippen MR) is 75.7 cm³/mol. The fraction of sp³-hybridized carbons (Fsp3) is 0.571. The molecule has 5 heteroatoms. The maximum absolute atomic E-state index is 4.53. The zero-order valence-electron chi connectivity index (χ0n) is 12.0. The summed E-state index contributed by atoms with van der Waals surface area (Å²) < 4.78 is 4.02. The van der Waals surface area contributed by atoms with Crippen LogP contribution < -0.4 is 5.32 Å². The van der Waals surface area contributed by atoms with Crippen LogP contribution in [0.5, 0.6) is 0 Å². The SMILES string of the molecule is CCCn1ccc(CNC(C)c2ccnn2CC)n1. The van der Waals surface area contributed by atoms with Gasteiger partial charge in [-0.2, -0.15) is 10.2 Å². The largest absolute Gasteiger partial charge is 0.303 e. The molecule has 0 amide bonds. The Balaban J connectivity index is 1.90.